The van der Waals surface area contributed by atoms with E-state index in [1.54, 1.807) is 0 Å². The molecule has 0 aromatic rings. The van der Waals surface area contributed by atoms with Crippen LogP contribution < -0.4 is 5.73 Å². The molecule has 1 fully saturated rings. The minimum absolute atomic E-state index is 0.0308. The van der Waals surface area contributed by atoms with Crippen LogP contribution in [0.4, 0.5) is 0 Å². The first-order valence-electron chi connectivity index (χ1n) is 6.63. The third-order valence-electron chi connectivity index (χ3n) is 3.62. The summed E-state index contributed by atoms with van der Waals surface area (Å²) >= 11 is 0. The third kappa shape index (κ3) is 3.58. The first kappa shape index (κ1) is 14.3. The summed E-state index contributed by atoms with van der Waals surface area (Å²) in [6.07, 6.45) is 8.40. The van der Waals surface area contributed by atoms with Crippen molar-refractivity contribution in [3.05, 3.63) is 23.9 Å². The smallest absolute Gasteiger partial charge is 0.0852 e. The molecule has 0 aromatic heterocycles. The molecule has 0 bridgehead atoms. The van der Waals surface area contributed by atoms with Gasteiger partial charge < -0.3 is 15.4 Å². The summed E-state index contributed by atoms with van der Waals surface area (Å²) in [6, 6.07) is 0. The number of hydrogen-bond acceptors (Lipinski definition) is 3. The fourth-order valence-corrected chi connectivity index (χ4v) is 2.32. The molecule has 1 heterocycles. The van der Waals surface area contributed by atoms with Crippen molar-refractivity contribution < 1.29 is 4.74 Å². The molecule has 0 atom stereocenters. The van der Waals surface area contributed by atoms with Gasteiger partial charge in [-0.05, 0) is 25.8 Å². The van der Waals surface area contributed by atoms with Gasteiger partial charge in [0, 0.05) is 25.3 Å². The average Bonchev–Trinajstić information content (AvgIpc) is 2.40. The largest absolute Gasteiger partial charge is 0.371 e. The predicted octanol–water partition coefficient (Wildman–Crippen LogP) is 2.30. The summed E-state index contributed by atoms with van der Waals surface area (Å²) in [7, 11) is 0. The molecular weight excluding hydrogens is 212 g/mol. The maximum Gasteiger partial charge on any atom is 0.0852 e. The molecule has 17 heavy (non-hydrogen) atoms. The highest BCUT2D eigenvalue weighted by molar-refractivity contribution is 5.18. The van der Waals surface area contributed by atoms with Crippen molar-refractivity contribution in [2.45, 2.75) is 39.2 Å². The molecule has 0 aliphatic carbocycles. The highest BCUT2D eigenvalue weighted by Gasteiger charge is 2.33. The van der Waals surface area contributed by atoms with Crippen LogP contribution in [0.2, 0.25) is 0 Å². The molecule has 0 unspecified atom stereocenters. The number of rotatable bonds is 5. The molecule has 1 aliphatic rings. The van der Waals surface area contributed by atoms with Gasteiger partial charge in [-0.25, -0.2) is 0 Å². The fourth-order valence-electron chi connectivity index (χ4n) is 2.32. The van der Waals surface area contributed by atoms with Crippen LogP contribution in [0.3, 0.4) is 0 Å². The predicted molar refractivity (Wildman–Crippen MR) is 72.8 cm³/mol. The van der Waals surface area contributed by atoms with E-state index in [1.165, 1.54) is 5.70 Å². The van der Waals surface area contributed by atoms with E-state index >= 15 is 0 Å². The lowest BCUT2D eigenvalue weighted by Gasteiger charge is -2.43. The minimum Gasteiger partial charge on any atom is -0.371 e. The minimum atomic E-state index is 0.0308. The summed E-state index contributed by atoms with van der Waals surface area (Å²) < 4.78 is 5.98. The Morgan fingerprint density at radius 3 is 2.65 bits per heavy atom. The van der Waals surface area contributed by atoms with Crippen molar-refractivity contribution in [3.63, 3.8) is 0 Å². The second kappa shape index (κ2) is 6.82. The molecule has 98 valence electrons. The van der Waals surface area contributed by atoms with Gasteiger partial charge in [-0.15, -0.1) is 0 Å². The molecule has 1 rings (SSSR count). The number of nitrogens with two attached hydrogens (primary N) is 1. The lowest BCUT2D eigenvalue weighted by molar-refractivity contribution is -0.104. The first-order chi connectivity index (χ1) is 8.21. The molecule has 2 N–H and O–H groups in total. The van der Waals surface area contributed by atoms with Gasteiger partial charge >= 0.3 is 0 Å². The van der Waals surface area contributed by atoms with Crippen molar-refractivity contribution in [1.82, 2.24) is 4.90 Å². The molecule has 3 nitrogen and oxygen atoms in total. The van der Waals surface area contributed by atoms with Crippen molar-refractivity contribution in [1.29, 1.82) is 0 Å². The Kier molecular flexibility index (Phi) is 5.72. The second-order valence-corrected chi connectivity index (χ2v) is 4.51. The summed E-state index contributed by atoms with van der Waals surface area (Å²) in [5, 5.41) is 0. The third-order valence-corrected chi connectivity index (χ3v) is 3.62. The quantitative estimate of drug-likeness (QED) is 0.747. The zero-order valence-corrected chi connectivity index (χ0v) is 11.4. The SMILES string of the molecule is C/C=C(\C=C/CN)N1CCOC(CC)(CC)C1. The summed E-state index contributed by atoms with van der Waals surface area (Å²) in [6.45, 7) is 9.84. The number of morpholine rings is 1. The van der Waals surface area contributed by atoms with Gasteiger partial charge in [0.25, 0.3) is 0 Å². The van der Waals surface area contributed by atoms with E-state index in [0.717, 1.165) is 32.5 Å². The van der Waals surface area contributed by atoms with Crippen molar-refractivity contribution >= 4 is 0 Å². The summed E-state index contributed by atoms with van der Waals surface area (Å²) in [5.41, 5.74) is 6.79. The zero-order chi connectivity index (χ0) is 12.7. The van der Waals surface area contributed by atoms with Gasteiger partial charge in [0.05, 0.1) is 12.2 Å². The molecular formula is C14H26N2O. The van der Waals surface area contributed by atoms with Crippen LogP contribution in [0.1, 0.15) is 33.6 Å². The summed E-state index contributed by atoms with van der Waals surface area (Å²) in [5.74, 6) is 0. The second-order valence-electron chi connectivity index (χ2n) is 4.51. The molecule has 0 radical (unpaired) electrons. The summed E-state index contributed by atoms with van der Waals surface area (Å²) in [4.78, 5) is 2.41. The Balaban J connectivity index is 2.74. The maximum absolute atomic E-state index is 5.98. The van der Waals surface area contributed by atoms with Crippen LogP contribution in [0.15, 0.2) is 23.9 Å². The van der Waals surface area contributed by atoms with Crippen LogP contribution in [-0.4, -0.2) is 36.7 Å². The molecule has 1 aliphatic heterocycles. The van der Waals surface area contributed by atoms with Gasteiger partial charge in [-0.2, -0.15) is 0 Å². The van der Waals surface area contributed by atoms with Crippen LogP contribution in [-0.2, 0) is 4.74 Å². The number of nitrogens with zero attached hydrogens (tertiary/aromatic N) is 1. The van der Waals surface area contributed by atoms with Crippen LogP contribution in [0.25, 0.3) is 0 Å². The zero-order valence-electron chi connectivity index (χ0n) is 11.4. The van der Waals surface area contributed by atoms with Gasteiger partial charge in [0.15, 0.2) is 0 Å². The van der Waals surface area contributed by atoms with E-state index in [2.05, 4.69) is 37.8 Å². The van der Waals surface area contributed by atoms with Crippen molar-refractivity contribution in [2.75, 3.05) is 26.2 Å². The lowest BCUT2D eigenvalue weighted by atomic mass is 9.94. The van der Waals surface area contributed by atoms with Gasteiger partial charge in [-0.3, -0.25) is 0 Å². The monoisotopic (exact) mass is 238 g/mol. The lowest BCUT2D eigenvalue weighted by Crippen LogP contribution is -2.50. The Hall–Kier alpha value is -0.800. The van der Waals surface area contributed by atoms with Crippen LogP contribution in [0, 0.1) is 0 Å². The van der Waals surface area contributed by atoms with Crippen LogP contribution >= 0.6 is 0 Å². The van der Waals surface area contributed by atoms with E-state index in [0.29, 0.717) is 6.54 Å². The molecule has 0 saturated carbocycles. The van der Waals surface area contributed by atoms with Crippen molar-refractivity contribution in [3.8, 4) is 0 Å². The maximum atomic E-state index is 5.98. The number of allylic oxidation sites excluding steroid dienone is 2. The van der Waals surface area contributed by atoms with E-state index < -0.39 is 0 Å². The Morgan fingerprint density at radius 1 is 1.41 bits per heavy atom. The highest BCUT2D eigenvalue weighted by atomic mass is 16.5. The Bertz CT molecular complexity index is 280. The molecule has 0 spiro atoms. The van der Waals surface area contributed by atoms with Gasteiger partial charge in [0.2, 0.25) is 0 Å². The molecule has 0 aromatic carbocycles. The number of ether oxygens (including phenoxy) is 1. The first-order valence-corrected chi connectivity index (χ1v) is 6.63. The molecule has 3 heteroatoms. The van der Waals surface area contributed by atoms with E-state index in [1.807, 2.05) is 6.08 Å². The van der Waals surface area contributed by atoms with E-state index in [-0.39, 0.29) is 5.60 Å². The fraction of sp³-hybridized carbons (Fsp3) is 0.714. The van der Waals surface area contributed by atoms with E-state index in [9.17, 15) is 0 Å². The number of hydrogen-bond donors (Lipinski definition) is 1. The normalized spacial score (nSPS) is 21.2. The topological polar surface area (TPSA) is 38.5 Å². The van der Waals surface area contributed by atoms with Crippen LogP contribution in [0.5, 0.6) is 0 Å². The average molecular weight is 238 g/mol. The molecule has 1 saturated heterocycles. The standard InChI is InChI=1S/C14H26N2O/c1-4-13(8-7-9-15)16-10-11-17-14(5-2,6-3)12-16/h4,7-8H,5-6,9-12,15H2,1-3H3/b8-7-,13-4+. The van der Waals surface area contributed by atoms with Crippen molar-refractivity contribution in [2.24, 2.45) is 5.73 Å². The molecule has 0 amide bonds. The van der Waals surface area contributed by atoms with E-state index in [4.69, 9.17) is 10.5 Å². The Morgan fingerprint density at radius 2 is 2.12 bits per heavy atom. The van der Waals surface area contributed by atoms with Gasteiger partial charge in [0.1, 0.15) is 0 Å². The Labute approximate surface area is 105 Å². The van der Waals surface area contributed by atoms with Gasteiger partial charge in [-0.1, -0.05) is 26.0 Å². The highest BCUT2D eigenvalue weighted by Crippen LogP contribution is 2.27.